The quantitative estimate of drug-likeness (QED) is 0.745. The van der Waals surface area contributed by atoms with Crippen molar-refractivity contribution < 1.29 is 9.26 Å². The highest BCUT2D eigenvalue weighted by molar-refractivity contribution is 5.55. The fourth-order valence-electron chi connectivity index (χ4n) is 2.04. The van der Waals surface area contributed by atoms with Gasteiger partial charge in [0.15, 0.2) is 0 Å². The van der Waals surface area contributed by atoms with Crippen LogP contribution in [-0.4, -0.2) is 35.2 Å². The molecule has 0 aliphatic carbocycles. The lowest BCUT2D eigenvalue weighted by molar-refractivity contribution is 0.264. The highest BCUT2D eigenvalue weighted by Crippen LogP contribution is 2.20. The van der Waals surface area contributed by atoms with Crippen molar-refractivity contribution in [2.24, 2.45) is 0 Å². The molecule has 0 atom stereocenters. The Hall–Kier alpha value is -1.88. The second-order valence-electron chi connectivity index (χ2n) is 5.06. The Balaban J connectivity index is 1.98. The third-order valence-electron chi connectivity index (χ3n) is 3.19. The van der Waals surface area contributed by atoms with Crippen LogP contribution in [-0.2, 0) is 6.54 Å². The number of hydrogen-bond acceptors (Lipinski definition) is 5. The smallest absolute Gasteiger partial charge is 0.241 e. The van der Waals surface area contributed by atoms with E-state index in [9.17, 15) is 0 Å². The Morgan fingerprint density at radius 3 is 2.62 bits per heavy atom. The first kappa shape index (κ1) is 15.5. The molecule has 21 heavy (non-hydrogen) atoms. The molecule has 0 unspecified atom stereocenters. The van der Waals surface area contributed by atoms with E-state index >= 15 is 0 Å². The van der Waals surface area contributed by atoms with Gasteiger partial charge >= 0.3 is 0 Å². The Morgan fingerprint density at radius 2 is 1.95 bits per heavy atom. The van der Waals surface area contributed by atoms with Crippen molar-refractivity contribution in [2.75, 3.05) is 20.2 Å². The predicted octanol–water partition coefficient (Wildman–Crippen LogP) is 3.37. The Bertz CT molecular complexity index is 537. The van der Waals surface area contributed by atoms with E-state index < -0.39 is 0 Å². The fraction of sp³-hybridized carbons (Fsp3) is 0.500. The SMILES string of the molecule is CCCCN(C)Cc1nc(-c2ccc(OCC)cc2)no1. The summed E-state index contributed by atoms with van der Waals surface area (Å²) < 4.78 is 10.7. The van der Waals surface area contributed by atoms with Crippen molar-refractivity contribution >= 4 is 0 Å². The van der Waals surface area contributed by atoms with E-state index in [1.807, 2.05) is 31.2 Å². The van der Waals surface area contributed by atoms with Gasteiger partial charge in [0, 0.05) is 5.56 Å². The van der Waals surface area contributed by atoms with Crippen molar-refractivity contribution in [1.29, 1.82) is 0 Å². The molecule has 0 amide bonds. The van der Waals surface area contributed by atoms with E-state index in [1.54, 1.807) is 0 Å². The van der Waals surface area contributed by atoms with Crippen LogP contribution in [0.25, 0.3) is 11.4 Å². The third kappa shape index (κ3) is 4.56. The molecule has 0 bridgehead atoms. The molecule has 1 aromatic carbocycles. The first-order valence-electron chi connectivity index (χ1n) is 7.47. The fourth-order valence-corrected chi connectivity index (χ4v) is 2.04. The first-order valence-corrected chi connectivity index (χ1v) is 7.47. The molecule has 114 valence electrons. The van der Waals surface area contributed by atoms with E-state index in [2.05, 4.69) is 29.0 Å². The summed E-state index contributed by atoms with van der Waals surface area (Å²) in [5, 5.41) is 4.04. The minimum absolute atomic E-state index is 0.622. The van der Waals surface area contributed by atoms with E-state index in [-0.39, 0.29) is 0 Å². The molecule has 5 nitrogen and oxygen atoms in total. The molecule has 2 rings (SSSR count). The van der Waals surface area contributed by atoms with Crippen LogP contribution >= 0.6 is 0 Å². The second kappa shape index (κ2) is 7.78. The average molecular weight is 289 g/mol. The number of hydrogen-bond donors (Lipinski definition) is 0. The minimum Gasteiger partial charge on any atom is -0.494 e. The molecule has 0 spiro atoms. The number of nitrogens with zero attached hydrogens (tertiary/aromatic N) is 3. The number of unbranched alkanes of at least 4 members (excludes halogenated alkanes) is 1. The lowest BCUT2D eigenvalue weighted by Crippen LogP contribution is -2.19. The number of benzene rings is 1. The Labute approximate surface area is 125 Å². The zero-order chi connectivity index (χ0) is 15.1. The second-order valence-corrected chi connectivity index (χ2v) is 5.06. The van der Waals surface area contributed by atoms with Crippen molar-refractivity contribution in [3.05, 3.63) is 30.2 Å². The maximum Gasteiger partial charge on any atom is 0.241 e. The standard InChI is InChI=1S/C16H23N3O2/c1-4-6-11-19(3)12-15-17-16(18-21-15)13-7-9-14(10-8-13)20-5-2/h7-10H,4-6,11-12H2,1-3H3. The third-order valence-corrected chi connectivity index (χ3v) is 3.19. The number of aromatic nitrogens is 2. The maximum absolute atomic E-state index is 5.42. The summed E-state index contributed by atoms with van der Waals surface area (Å²) in [6, 6.07) is 7.73. The molecule has 0 aliphatic rings. The van der Waals surface area contributed by atoms with Gasteiger partial charge in [0.1, 0.15) is 5.75 Å². The van der Waals surface area contributed by atoms with Gasteiger partial charge < -0.3 is 9.26 Å². The van der Waals surface area contributed by atoms with Crippen LogP contribution in [0.2, 0.25) is 0 Å². The molecule has 0 aliphatic heterocycles. The highest BCUT2D eigenvalue weighted by Gasteiger charge is 2.10. The lowest BCUT2D eigenvalue weighted by Gasteiger charge is -2.12. The minimum atomic E-state index is 0.622. The normalized spacial score (nSPS) is 11.0. The summed E-state index contributed by atoms with van der Waals surface area (Å²) in [6.45, 7) is 6.54. The molecular formula is C16H23N3O2. The molecule has 1 aromatic heterocycles. The summed E-state index contributed by atoms with van der Waals surface area (Å²) >= 11 is 0. The van der Waals surface area contributed by atoms with E-state index in [1.165, 1.54) is 12.8 Å². The van der Waals surface area contributed by atoms with Gasteiger partial charge in [0.05, 0.1) is 13.2 Å². The van der Waals surface area contributed by atoms with E-state index in [0.29, 0.717) is 24.9 Å². The summed E-state index contributed by atoms with van der Waals surface area (Å²) in [7, 11) is 2.07. The van der Waals surface area contributed by atoms with Gasteiger partial charge in [0.2, 0.25) is 11.7 Å². The van der Waals surface area contributed by atoms with Crippen molar-refractivity contribution in [3.8, 4) is 17.1 Å². The van der Waals surface area contributed by atoms with Crippen molar-refractivity contribution in [3.63, 3.8) is 0 Å². The highest BCUT2D eigenvalue weighted by atomic mass is 16.5. The lowest BCUT2D eigenvalue weighted by atomic mass is 10.2. The zero-order valence-corrected chi connectivity index (χ0v) is 13.0. The molecule has 0 radical (unpaired) electrons. The van der Waals surface area contributed by atoms with Crippen LogP contribution in [0.4, 0.5) is 0 Å². The van der Waals surface area contributed by atoms with Gasteiger partial charge in [-0.25, -0.2) is 0 Å². The molecule has 1 heterocycles. The maximum atomic E-state index is 5.42. The largest absolute Gasteiger partial charge is 0.494 e. The molecule has 5 heteroatoms. The van der Waals surface area contributed by atoms with Crippen molar-refractivity contribution in [2.45, 2.75) is 33.2 Å². The monoisotopic (exact) mass is 289 g/mol. The van der Waals surface area contributed by atoms with Gasteiger partial charge in [0.25, 0.3) is 0 Å². The van der Waals surface area contributed by atoms with Gasteiger partial charge in [-0.2, -0.15) is 4.98 Å². The summed E-state index contributed by atoms with van der Waals surface area (Å²) in [5.41, 5.74) is 0.935. The van der Waals surface area contributed by atoms with Crippen LogP contribution in [0.15, 0.2) is 28.8 Å². The molecule has 0 saturated heterocycles. The molecule has 0 saturated carbocycles. The molecule has 2 aromatic rings. The molecular weight excluding hydrogens is 266 g/mol. The molecule has 0 N–H and O–H groups in total. The van der Waals surface area contributed by atoms with E-state index in [4.69, 9.17) is 9.26 Å². The average Bonchev–Trinajstić information content (AvgIpc) is 2.94. The van der Waals surface area contributed by atoms with Crippen LogP contribution in [0.3, 0.4) is 0 Å². The summed E-state index contributed by atoms with van der Waals surface area (Å²) in [6.07, 6.45) is 2.36. The van der Waals surface area contributed by atoms with Gasteiger partial charge in [-0.15, -0.1) is 0 Å². The van der Waals surface area contributed by atoms with Crippen LogP contribution in [0.1, 0.15) is 32.6 Å². The Kier molecular flexibility index (Phi) is 5.75. The van der Waals surface area contributed by atoms with Gasteiger partial charge in [-0.3, -0.25) is 4.90 Å². The summed E-state index contributed by atoms with van der Waals surface area (Å²) in [5.74, 6) is 2.12. The topological polar surface area (TPSA) is 51.4 Å². The van der Waals surface area contributed by atoms with E-state index in [0.717, 1.165) is 17.9 Å². The van der Waals surface area contributed by atoms with Gasteiger partial charge in [-0.05, 0) is 51.2 Å². The molecule has 0 fully saturated rings. The number of ether oxygens (including phenoxy) is 1. The zero-order valence-electron chi connectivity index (χ0n) is 13.0. The first-order chi connectivity index (χ1) is 10.2. The van der Waals surface area contributed by atoms with Crippen LogP contribution in [0.5, 0.6) is 5.75 Å². The summed E-state index contributed by atoms with van der Waals surface area (Å²) in [4.78, 5) is 6.64. The van der Waals surface area contributed by atoms with Crippen molar-refractivity contribution in [1.82, 2.24) is 15.0 Å². The Morgan fingerprint density at radius 1 is 1.19 bits per heavy atom. The van der Waals surface area contributed by atoms with Gasteiger partial charge in [-0.1, -0.05) is 18.5 Å². The van der Waals surface area contributed by atoms with Crippen LogP contribution in [0, 0.1) is 0 Å². The van der Waals surface area contributed by atoms with Crippen LogP contribution < -0.4 is 4.74 Å². The number of rotatable bonds is 8. The predicted molar refractivity (Wildman–Crippen MR) is 82.1 cm³/mol.